The predicted octanol–water partition coefficient (Wildman–Crippen LogP) is 0.903. The Morgan fingerprint density at radius 3 is 2.77 bits per heavy atom. The van der Waals surface area contributed by atoms with Crippen molar-refractivity contribution in [2.24, 2.45) is 5.92 Å². The van der Waals surface area contributed by atoms with Gasteiger partial charge in [0.05, 0.1) is 17.9 Å². The molecule has 0 bridgehead atoms. The molecule has 1 atom stereocenters. The Morgan fingerprint density at radius 2 is 2.09 bits per heavy atom. The second kappa shape index (κ2) is 6.00. The van der Waals surface area contributed by atoms with E-state index < -0.39 is 9.84 Å². The van der Waals surface area contributed by atoms with Crippen molar-refractivity contribution in [1.82, 2.24) is 15.1 Å². The third kappa shape index (κ3) is 2.89. The summed E-state index contributed by atoms with van der Waals surface area (Å²) in [6, 6.07) is -0.220. The zero-order valence-electron chi connectivity index (χ0n) is 12.6. The minimum atomic E-state index is -3.35. The molecule has 3 rings (SSSR count). The molecular formula is C14H21N3O4S. The maximum Gasteiger partial charge on any atom is 0.226 e. The second-order valence-electron chi connectivity index (χ2n) is 6.00. The summed E-state index contributed by atoms with van der Waals surface area (Å²) < 4.78 is 29.0. The molecule has 2 fully saturated rings. The quantitative estimate of drug-likeness (QED) is 0.890. The number of rotatable bonds is 3. The molecule has 0 spiro atoms. The summed E-state index contributed by atoms with van der Waals surface area (Å²) in [4.78, 5) is 14.8. The molecule has 3 heterocycles. The molecular weight excluding hydrogens is 306 g/mol. The Labute approximate surface area is 129 Å². The van der Waals surface area contributed by atoms with Gasteiger partial charge in [0.2, 0.25) is 5.91 Å². The Balaban J connectivity index is 1.84. The van der Waals surface area contributed by atoms with E-state index in [0.29, 0.717) is 25.5 Å². The number of aromatic amines is 1. The lowest BCUT2D eigenvalue weighted by molar-refractivity contribution is -0.139. The lowest BCUT2D eigenvalue weighted by Crippen LogP contribution is -2.38. The molecule has 1 unspecified atom stereocenters. The molecule has 1 aromatic heterocycles. The predicted molar refractivity (Wildman–Crippen MR) is 78.9 cm³/mol. The van der Waals surface area contributed by atoms with Crippen molar-refractivity contribution in [3.8, 4) is 0 Å². The number of hydrogen-bond acceptors (Lipinski definition) is 5. The SMILES string of the molecule is CS(=O)(=O)c1cn[nH]c1C1CCCN1C(=O)C1CCOCC1. The van der Waals surface area contributed by atoms with Crippen molar-refractivity contribution in [1.29, 1.82) is 0 Å². The molecule has 2 saturated heterocycles. The summed E-state index contributed by atoms with van der Waals surface area (Å²) in [5.41, 5.74) is 0.542. The van der Waals surface area contributed by atoms with Gasteiger partial charge in [-0.1, -0.05) is 0 Å². The van der Waals surface area contributed by atoms with Crippen LogP contribution in [0.1, 0.15) is 37.4 Å². The molecule has 22 heavy (non-hydrogen) atoms. The number of H-pyrrole nitrogens is 1. The third-order valence-electron chi connectivity index (χ3n) is 4.47. The molecule has 7 nitrogen and oxygen atoms in total. The highest BCUT2D eigenvalue weighted by atomic mass is 32.2. The van der Waals surface area contributed by atoms with Crippen LogP contribution in [-0.4, -0.2) is 55.4 Å². The third-order valence-corrected chi connectivity index (χ3v) is 5.60. The minimum Gasteiger partial charge on any atom is -0.381 e. The van der Waals surface area contributed by atoms with E-state index in [1.54, 1.807) is 0 Å². The first-order valence-corrected chi connectivity index (χ1v) is 9.49. The van der Waals surface area contributed by atoms with Gasteiger partial charge in [0.1, 0.15) is 4.90 Å². The molecule has 122 valence electrons. The number of sulfone groups is 1. The molecule has 1 N–H and O–H groups in total. The van der Waals surface area contributed by atoms with Crippen LogP contribution in [0.3, 0.4) is 0 Å². The van der Waals surface area contributed by atoms with Crippen molar-refractivity contribution >= 4 is 15.7 Å². The first kappa shape index (κ1) is 15.5. The molecule has 0 aliphatic carbocycles. The fourth-order valence-electron chi connectivity index (χ4n) is 3.33. The van der Waals surface area contributed by atoms with Crippen LogP contribution < -0.4 is 0 Å². The summed E-state index contributed by atoms with van der Waals surface area (Å²) in [7, 11) is -3.35. The average molecular weight is 327 g/mol. The summed E-state index contributed by atoms with van der Waals surface area (Å²) in [5.74, 6) is 0.0961. The van der Waals surface area contributed by atoms with E-state index in [1.807, 2.05) is 4.90 Å². The maximum absolute atomic E-state index is 12.8. The molecule has 1 aromatic rings. The van der Waals surface area contributed by atoms with Gasteiger partial charge in [-0.15, -0.1) is 0 Å². The van der Waals surface area contributed by atoms with Gasteiger partial charge in [0, 0.05) is 31.9 Å². The first-order chi connectivity index (χ1) is 10.5. The Bertz CT molecular complexity index is 649. The lowest BCUT2D eigenvalue weighted by Gasteiger charge is -2.30. The zero-order valence-corrected chi connectivity index (χ0v) is 13.4. The van der Waals surface area contributed by atoms with Gasteiger partial charge < -0.3 is 9.64 Å². The van der Waals surface area contributed by atoms with Gasteiger partial charge in [-0.3, -0.25) is 9.89 Å². The highest BCUT2D eigenvalue weighted by Crippen LogP contribution is 2.36. The van der Waals surface area contributed by atoms with E-state index in [2.05, 4.69) is 10.2 Å². The number of likely N-dealkylation sites (tertiary alicyclic amines) is 1. The van der Waals surface area contributed by atoms with Crippen LogP contribution in [-0.2, 0) is 19.4 Å². The molecule has 0 aromatic carbocycles. The highest BCUT2D eigenvalue weighted by Gasteiger charge is 2.37. The molecule has 2 aliphatic rings. The number of aromatic nitrogens is 2. The van der Waals surface area contributed by atoms with Gasteiger partial charge in [0.25, 0.3) is 0 Å². The lowest BCUT2D eigenvalue weighted by atomic mass is 9.98. The van der Waals surface area contributed by atoms with E-state index >= 15 is 0 Å². The number of amides is 1. The highest BCUT2D eigenvalue weighted by molar-refractivity contribution is 7.90. The Morgan fingerprint density at radius 1 is 1.36 bits per heavy atom. The molecule has 8 heteroatoms. The maximum atomic E-state index is 12.8. The Hall–Kier alpha value is -1.41. The first-order valence-electron chi connectivity index (χ1n) is 7.60. The number of hydrogen-bond donors (Lipinski definition) is 1. The smallest absolute Gasteiger partial charge is 0.226 e. The van der Waals surface area contributed by atoms with Crippen LogP contribution in [0.4, 0.5) is 0 Å². The van der Waals surface area contributed by atoms with Crippen molar-refractivity contribution in [3.05, 3.63) is 11.9 Å². The van der Waals surface area contributed by atoms with Crippen LogP contribution in [0.25, 0.3) is 0 Å². The number of ether oxygens (including phenoxy) is 1. The van der Waals surface area contributed by atoms with Crippen LogP contribution in [0.15, 0.2) is 11.1 Å². The molecule has 0 radical (unpaired) electrons. The normalized spacial score (nSPS) is 23.9. The van der Waals surface area contributed by atoms with Crippen molar-refractivity contribution in [3.63, 3.8) is 0 Å². The number of nitrogens with one attached hydrogen (secondary N) is 1. The second-order valence-corrected chi connectivity index (χ2v) is 7.98. The van der Waals surface area contributed by atoms with Crippen LogP contribution in [0.5, 0.6) is 0 Å². The van der Waals surface area contributed by atoms with Gasteiger partial charge >= 0.3 is 0 Å². The largest absolute Gasteiger partial charge is 0.381 e. The standard InChI is InChI=1S/C14H21N3O4S/c1-22(19,20)12-9-15-16-13(12)11-3-2-6-17(11)14(18)10-4-7-21-8-5-10/h9-11H,2-8H2,1H3,(H,15,16). The van der Waals surface area contributed by atoms with E-state index in [-0.39, 0.29) is 22.8 Å². The zero-order chi connectivity index (χ0) is 15.7. The van der Waals surface area contributed by atoms with Crippen molar-refractivity contribution < 1.29 is 17.9 Å². The number of carbonyl (C=O) groups excluding carboxylic acids is 1. The minimum absolute atomic E-state index is 0.0149. The topological polar surface area (TPSA) is 92.4 Å². The van der Waals surface area contributed by atoms with Crippen molar-refractivity contribution in [2.45, 2.75) is 36.6 Å². The van der Waals surface area contributed by atoms with E-state index in [1.165, 1.54) is 12.5 Å². The monoisotopic (exact) mass is 327 g/mol. The summed E-state index contributed by atoms with van der Waals surface area (Å²) >= 11 is 0. The average Bonchev–Trinajstić information content (AvgIpc) is 3.15. The molecule has 2 aliphatic heterocycles. The van der Waals surface area contributed by atoms with Gasteiger partial charge in [0.15, 0.2) is 9.84 Å². The van der Waals surface area contributed by atoms with Gasteiger partial charge in [-0.2, -0.15) is 5.10 Å². The summed E-state index contributed by atoms with van der Waals surface area (Å²) in [5, 5.41) is 6.67. The van der Waals surface area contributed by atoms with Crippen LogP contribution in [0, 0.1) is 5.92 Å². The number of carbonyl (C=O) groups is 1. The van der Waals surface area contributed by atoms with Gasteiger partial charge in [-0.25, -0.2) is 8.42 Å². The fourth-order valence-corrected chi connectivity index (χ4v) is 4.15. The van der Waals surface area contributed by atoms with E-state index in [4.69, 9.17) is 4.74 Å². The Kier molecular flexibility index (Phi) is 4.22. The molecule has 0 saturated carbocycles. The number of nitrogens with zero attached hydrogens (tertiary/aromatic N) is 2. The summed E-state index contributed by atoms with van der Waals surface area (Å²) in [6.07, 6.45) is 5.62. The summed E-state index contributed by atoms with van der Waals surface area (Å²) in [6.45, 7) is 1.91. The van der Waals surface area contributed by atoms with Crippen LogP contribution >= 0.6 is 0 Å². The van der Waals surface area contributed by atoms with E-state index in [9.17, 15) is 13.2 Å². The van der Waals surface area contributed by atoms with Gasteiger partial charge in [-0.05, 0) is 25.7 Å². The fraction of sp³-hybridized carbons (Fsp3) is 0.714. The molecule has 1 amide bonds. The van der Waals surface area contributed by atoms with Crippen molar-refractivity contribution in [2.75, 3.05) is 26.0 Å². The van der Waals surface area contributed by atoms with E-state index in [0.717, 1.165) is 25.7 Å². The van der Waals surface area contributed by atoms with Crippen LogP contribution in [0.2, 0.25) is 0 Å².